The van der Waals surface area contributed by atoms with E-state index >= 15 is 0 Å². The summed E-state index contributed by atoms with van der Waals surface area (Å²) in [6.07, 6.45) is 1.33. The van der Waals surface area contributed by atoms with Crippen LogP contribution < -0.4 is 0 Å². The van der Waals surface area contributed by atoms with Gasteiger partial charge < -0.3 is 9.47 Å². The summed E-state index contributed by atoms with van der Waals surface area (Å²) in [6.45, 7) is 15.2. The maximum atomic E-state index is 5.34. The molecule has 0 N–H and O–H groups in total. The van der Waals surface area contributed by atoms with Gasteiger partial charge in [-0.3, -0.25) is 0 Å². The lowest BCUT2D eigenvalue weighted by Crippen LogP contribution is -2.34. The molecule has 0 heterocycles. The molecule has 0 spiro atoms. The molecule has 0 saturated heterocycles. The zero-order valence-corrected chi connectivity index (χ0v) is 12.3. The minimum Gasteiger partial charge on any atom is -0.384 e. The number of ether oxygens (including phenoxy) is 2. The molecule has 0 radical (unpaired) electrons. The van der Waals surface area contributed by atoms with Crippen LogP contribution in [0.5, 0.6) is 0 Å². The van der Waals surface area contributed by atoms with Crippen LogP contribution in [0.2, 0.25) is 0 Å². The molecule has 0 amide bonds. The first-order valence-electron chi connectivity index (χ1n) is 6.10. The lowest BCUT2D eigenvalue weighted by Gasteiger charge is -2.31. The first-order valence-corrected chi connectivity index (χ1v) is 6.10. The fourth-order valence-corrected chi connectivity index (χ4v) is 1.50. The first kappa shape index (κ1) is 20.3. The average Bonchev–Trinajstić information content (AvgIpc) is 2.25. The molecule has 0 aliphatic heterocycles. The number of methoxy groups -OCH3 is 2. The molecule has 15 heavy (non-hydrogen) atoms. The van der Waals surface area contributed by atoms with E-state index in [2.05, 4.69) is 20.8 Å². The molecular weight excluding hydrogens is 188 g/mol. The molecule has 0 bridgehead atoms. The normalized spacial score (nSPS) is 11.8. The van der Waals surface area contributed by atoms with Crippen LogP contribution >= 0.6 is 0 Å². The van der Waals surface area contributed by atoms with Crippen LogP contribution in [0.3, 0.4) is 0 Å². The molecule has 96 valence electrons. The van der Waals surface area contributed by atoms with E-state index in [0.717, 1.165) is 13.0 Å². The minimum atomic E-state index is 0.123. The second-order valence-corrected chi connectivity index (χ2v) is 3.55. The fraction of sp³-hybridized carbons (Fsp3) is 1.00. The highest BCUT2D eigenvalue weighted by Crippen LogP contribution is 2.25. The first-order chi connectivity index (χ1) is 7.08. The van der Waals surface area contributed by atoms with Crippen molar-refractivity contribution in [3.05, 3.63) is 0 Å². The number of rotatable bonds is 5. The van der Waals surface area contributed by atoms with Crippen LogP contribution in [0, 0.1) is 5.41 Å². The van der Waals surface area contributed by atoms with E-state index in [1.165, 1.54) is 0 Å². The minimum absolute atomic E-state index is 0.123. The molecule has 0 aromatic heterocycles. The third kappa shape index (κ3) is 10.2. The summed E-state index contributed by atoms with van der Waals surface area (Å²) in [5.74, 6) is 0. The van der Waals surface area contributed by atoms with E-state index in [4.69, 9.17) is 9.47 Å². The topological polar surface area (TPSA) is 18.5 Å². The SMILES string of the molecule is CC.CC.CCC(OC)C(C)(C)COC. The van der Waals surface area contributed by atoms with Gasteiger partial charge in [0.05, 0.1) is 12.7 Å². The third-order valence-corrected chi connectivity index (χ3v) is 2.04. The Bertz CT molecular complexity index is 96.7. The molecule has 0 fully saturated rings. The molecule has 1 atom stereocenters. The lowest BCUT2D eigenvalue weighted by molar-refractivity contribution is -0.0361. The van der Waals surface area contributed by atoms with Crippen molar-refractivity contribution in [2.24, 2.45) is 5.41 Å². The van der Waals surface area contributed by atoms with E-state index in [-0.39, 0.29) is 5.41 Å². The number of hydrogen-bond donors (Lipinski definition) is 0. The quantitative estimate of drug-likeness (QED) is 0.693. The lowest BCUT2D eigenvalue weighted by atomic mass is 9.86. The van der Waals surface area contributed by atoms with Crippen molar-refractivity contribution in [1.29, 1.82) is 0 Å². The molecule has 0 aromatic carbocycles. The van der Waals surface area contributed by atoms with Crippen molar-refractivity contribution in [3.63, 3.8) is 0 Å². The Labute approximate surface area is 97.4 Å². The largest absolute Gasteiger partial charge is 0.384 e. The van der Waals surface area contributed by atoms with Crippen molar-refractivity contribution in [2.75, 3.05) is 20.8 Å². The molecule has 0 aliphatic carbocycles. The van der Waals surface area contributed by atoms with Gasteiger partial charge in [-0.05, 0) is 6.42 Å². The monoisotopic (exact) mass is 220 g/mol. The van der Waals surface area contributed by atoms with Crippen molar-refractivity contribution in [2.45, 2.75) is 61.0 Å². The van der Waals surface area contributed by atoms with Gasteiger partial charge in [-0.1, -0.05) is 48.5 Å². The Kier molecular flexibility index (Phi) is 18.9. The maximum absolute atomic E-state index is 5.34. The Balaban J connectivity index is -0.000000318. The van der Waals surface area contributed by atoms with E-state index in [1.54, 1.807) is 14.2 Å². The van der Waals surface area contributed by atoms with Crippen LogP contribution in [-0.4, -0.2) is 26.9 Å². The van der Waals surface area contributed by atoms with E-state index in [1.807, 2.05) is 27.7 Å². The third-order valence-electron chi connectivity index (χ3n) is 2.04. The van der Waals surface area contributed by atoms with Gasteiger partial charge in [0, 0.05) is 19.6 Å². The standard InChI is InChI=1S/C9H20O2.2C2H6/c1-6-8(11-5)9(2,3)7-10-4;2*1-2/h8H,6-7H2,1-5H3;2*1-2H3. The van der Waals surface area contributed by atoms with Gasteiger partial charge in [0.1, 0.15) is 0 Å². The van der Waals surface area contributed by atoms with Gasteiger partial charge in [0.2, 0.25) is 0 Å². The molecule has 2 nitrogen and oxygen atoms in total. The Hall–Kier alpha value is -0.0800. The van der Waals surface area contributed by atoms with Crippen LogP contribution in [0.15, 0.2) is 0 Å². The van der Waals surface area contributed by atoms with Gasteiger partial charge in [-0.25, -0.2) is 0 Å². The van der Waals surface area contributed by atoms with Gasteiger partial charge in [0.15, 0.2) is 0 Å². The van der Waals surface area contributed by atoms with Crippen LogP contribution in [0.25, 0.3) is 0 Å². The van der Waals surface area contributed by atoms with Crippen LogP contribution in [0.1, 0.15) is 54.9 Å². The molecule has 0 rings (SSSR count). The molecule has 0 saturated carbocycles. The summed E-state index contributed by atoms with van der Waals surface area (Å²) in [5, 5.41) is 0. The number of hydrogen-bond acceptors (Lipinski definition) is 2. The zero-order valence-electron chi connectivity index (χ0n) is 12.3. The van der Waals surface area contributed by atoms with Crippen molar-refractivity contribution < 1.29 is 9.47 Å². The van der Waals surface area contributed by atoms with Crippen molar-refractivity contribution in [3.8, 4) is 0 Å². The van der Waals surface area contributed by atoms with Crippen LogP contribution in [0.4, 0.5) is 0 Å². The van der Waals surface area contributed by atoms with Gasteiger partial charge >= 0.3 is 0 Å². The maximum Gasteiger partial charge on any atom is 0.0641 e. The second kappa shape index (κ2) is 13.9. The van der Waals surface area contributed by atoms with Gasteiger partial charge in [-0.2, -0.15) is 0 Å². The Morgan fingerprint density at radius 1 is 1.00 bits per heavy atom. The van der Waals surface area contributed by atoms with Gasteiger partial charge in [0.25, 0.3) is 0 Å². The summed E-state index contributed by atoms with van der Waals surface area (Å²) in [5.41, 5.74) is 0.123. The van der Waals surface area contributed by atoms with Crippen molar-refractivity contribution in [1.82, 2.24) is 0 Å². The molecule has 2 heteroatoms. The summed E-state index contributed by atoms with van der Waals surface area (Å²) >= 11 is 0. The summed E-state index contributed by atoms with van der Waals surface area (Å²) in [6, 6.07) is 0. The molecule has 1 unspecified atom stereocenters. The Morgan fingerprint density at radius 2 is 1.40 bits per heavy atom. The predicted molar refractivity (Wildman–Crippen MR) is 69.4 cm³/mol. The highest BCUT2D eigenvalue weighted by Gasteiger charge is 2.27. The zero-order chi connectivity index (χ0) is 12.9. The van der Waals surface area contributed by atoms with Crippen LogP contribution in [-0.2, 0) is 9.47 Å². The highest BCUT2D eigenvalue weighted by molar-refractivity contribution is 4.77. The fourth-order valence-electron chi connectivity index (χ4n) is 1.50. The Morgan fingerprint density at radius 3 is 1.60 bits per heavy atom. The molecular formula is C13H32O2. The molecule has 0 aliphatic rings. The van der Waals surface area contributed by atoms with Gasteiger partial charge in [-0.15, -0.1) is 0 Å². The van der Waals surface area contributed by atoms with E-state index in [0.29, 0.717) is 6.10 Å². The van der Waals surface area contributed by atoms with E-state index in [9.17, 15) is 0 Å². The smallest absolute Gasteiger partial charge is 0.0641 e. The predicted octanol–water partition coefficient (Wildman–Crippen LogP) is 4.14. The summed E-state index contributed by atoms with van der Waals surface area (Å²) in [7, 11) is 3.48. The summed E-state index contributed by atoms with van der Waals surface area (Å²) in [4.78, 5) is 0. The van der Waals surface area contributed by atoms with Crippen molar-refractivity contribution >= 4 is 0 Å². The highest BCUT2D eigenvalue weighted by atomic mass is 16.5. The van der Waals surface area contributed by atoms with E-state index < -0.39 is 0 Å². The molecule has 0 aromatic rings. The second-order valence-electron chi connectivity index (χ2n) is 3.55. The summed E-state index contributed by atoms with van der Waals surface area (Å²) < 4.78 is 10.4. The average molecular weight is 220 g/mol.